The summed E-state index contributed by atoms with van der Waals surface area (Å²) in [4.78, 5) is 27.2. The van der Waals surface area contributed by atoms with Crippen molar-refractivity contribution in [2.24, 2.45) is 0 Å². The Balaban J connectivity index is 1.83. The van der Waals surface area contributed by atoms with E-state index in [1.54, 1.807) is 29.1 Å². The lowest BCUT2D eigenvalue weighted by molar-refractivity contribution is -0.384. The number of hydrogen-bond acceptors (Lipinski definition) is 5. The Morgan fingerprint density at radius 1 is 1.20 bits per heavy atom. The molecule has 0 saturated carbocycles. The van der Waals surface area contributed by atoms with Crippen LogP contribution in [0, 0.1) is 17.0 Å². The second kappa shape index (κ2) is 7.31. The van der Waals surface area contributed by atoms with E-state index in [2.05, 4.69) is 4.98 Å². The van der Waals surface area contributed by atoms with Crippen LogP contribution < -0.4 is 5.56 Å². The minimum absolute atomic E-state index is 0.0381. The first-order valence-corrected chi connectivity index (χ1v) is 8.54. The van der Waals surface area contributed by atoms with Crippen LogP contribution in [0.3, 0.4) is 0 Å². The van der Waals surface area contributed by atoms with Gasteiger partial charge in [-0.05, 0) is 24.6 Å². The molecule has 0 bridgehead atoms. The molecule has 0 fully saturated rings. The maximum Gasteiger partial charge on any atom is 0.287 e. The van der Waals surface area contributed by atoms with E-state index in [0.29, 0.717) is 10.8 Å². The van der Waals surface area contributed by atoms with Crippen molar-refractivity contribution in [3.05, 3.63) is 92.5 Å². The Morgan fingerprint density at radius 3 is 2.68 bits per heavy atom. The SMILES string of the molecule is Cc1ccc(-n2ccnc(SCc3cccc([N+](=O)[O-])c3)c2=O)cc1. The zero-order chi connectivity index (χ0) is 17.8. The smallest absolute Gasteiger partial charge is 0.280 e. The third kappa shape index (κ3) is 3.95. The lowest BCUT2D eigenvalue weighted by Crippen LogP contribution is -2.20. The van der Waals surface area contributed by atoms with Crippen LogP contribution in [0.2, 0.25) is 0 Å². The first-order valence-electron chi connectivity index (χ1n) is 7.55. The monoisotopic (exact) mass is 353 g/mol. The summed E-state index contributed by atoms with van der Waals surface area (Å²) in [5, 5.41) is 11.2. The van der Waals surface area contributed by atoms with Gasteiger partial charge in [0.15, 0.2) is 5.03 Å². The first-order chi connectivity index (χ1) is 12.0. The molecule has 1 aromatic heterocycles. The van der Waals surface area contributed by atoms with E-state index >= 15 is 0 Å². The molecule has 0 atom stereocenters. The Labute approximate surface area is 148 Å². The number of non-ortho nitro benzene ring substituents is 1. The zero-order valence-corrected chi connectivity index (χ0v) is 14.3. The molecule has 0 amide bonds. The van der Waals surface area contributed by atoms with Crippen molar-refractivity contribution in [3.8, 4) is 5.69 Å². The molecule has 126 valence electrons. The molecule has 0 aliphatic heterocycles. The molecule has 3 rings (SSSR count). The third-order valence-corrected chi connectivity index (χ3v) is 4.65. The Bertz CT molecular complexity index is 968. The third-order valence-electron chi connectivity index (χ3n) is 3.62. The average Bonchev–Trinajstić information content (AvgIpc) is 2.62. The molecule has 25 heavy (non-hydrogen) atoms. The lowest BCUT2D eigenvalue weighted by atomic mass is 10.2. The Morgan fingerprint density at radius 2 is 1.96 bits per heavy atom. The van der Waals surface area contributed by atoms with Crippen molar-refractivity contribution in [1.82, 2.24) is 9.55 Å². The van der Waals surface area contributed by atoms with Gasteiger partial charge < -0.3 is 0 Å². The number of rotatable bonds is 5. The predicted octanol–water partition coefficient (Wildman–Crippen LogP) is 3.74. The van der Waals surface area contributed by atoms with Crippen molar-refractivity contribution in [2.45, 2.75) is 17.7 Å². The van der Waals surface area contributed by atoms with Gasteiger partial charge in [0.25, 0.3) is 11.2 Å². The van der Waals surface area contributed by atoms with E-state index in [1.807, 2.05) is 31.2 Å². The van der Waals surface area contributed by atoms with Gasteiger partial charge in [0.2, 0.25) is 0 Å². The van der Waals surface area contributed by atoms with E-state index in [1.165, 1.54) is 23.9 Å². The fourth-order valence-corrected chi connectivity index (χ4v) is 3.15. The molecule has 1 heterocycles. The number of hydrogen-bond donors (Lipinski definition) is 0. The molecule has 0 aliphatic rings. The largest absolute Gasteiger partial charge is 0.287 e. The molecular formula is C18H15N3O3S. The van der Waals surface area contributed by atoms with Crippen molar-refractivity contribution in [3.63, 3.8) is 0 Å². The highest BCUT2D eigenvalue weighted by Crippen LogP contribution is 2.21. The lowest BCUT2D eigenvalue weighted by Gasteiger charge is -2.07. The van der Waals surface area contributed by atoms with Crippen LogP contribution in [0.25, 0.3) is 5.69 Å². The van der Waals surface area contributed by atoms with Gasteiger partial charge in [-0.2, -0.15) is 0 Å². The highest BCUT2D eigenvalue weighted by molar-refractivity contribution is 7.98. The number of thioether (sulfide) groups is 1. The quantitative estimate of drug-likeness (QED) is 0.397. The first kappa shape index (κ1) is 16.9. The van der Waals surface area contributed by atoms with Crippen LogP contribution in [0.4, 0.5) is 5.69 Å². The van der Waals surface area contributed by atoms with E-state index in [0.717, 1.165) is 16.8 Å². The Hall–Kier alpha value is -2.93. The minimum atomic E-state index is -0.431. The molecule has 0 saturated heterocycles. The second-order valence-electron chi connectivity index (χ2n) is 5.46. The van der Waals surface area contributed by atoms with Crippen molar-refractivity contribution in [1.29, 1.82) is 0 Å². The maximum atomic E-state index is 12.6. The standard InChI is InChI=1S/C18H15N3O3S/c1-13-5-7-15(8-6-13)20-10-9-19-17(18(20)22)25-12-14-3-2-4-16(11-14)21(23)24/h2-11H,12H2,1H3. The molecule has 7 heteroatoms. The maximum absolute atomic E-state index is 12.6. The summed E-state index contributed by atoms with van der Waals surface area (Å²) in [5.74, 6) is 0.432. The van der Waals surface area contributed by atoms with Crippen LogP contribution in [0.1, 0.15) is 11.1 Å². The van der Waals surface area contributed by atoms with Gasteiger partial charge in [0, 0.05) is 36.0 Å². The molecule has 3 aromatic rings. The van der Waals surface area contributed by atoms with Crippen molar-refractivity contribution < 1.29 is 4.92 Å². The molecule has 2 aromatic carbocycles. The number of aryl methyl sites for hydroxylation is 1. The van der Waals surface area contributed by atoms with Gasteiger partial charge >= 0.3 is 0 Å². The highest BCUT2D eigenvalue weighted by Gasteiger charge is 2.10. The van der Waals surface area contributed by atoms with Gasteiger partial charge in [-0.1, -0.05) is 41.6 Å². The molecule has 0 N–H and O–H groups in total. The number of benzene rings is 2. The summed E-state index contributed by atoms with van der Waals surface area (Å²) in [5.41, 5.74) is 2.49. The molecule has 0 unspecified atom stereocenters. The number of nitrogens with zero attached hydrogens (tertiary/aromatic N) is 3. The van der Waals surface area contributed by atoms with Gasteiger partial charge in [0.05, 0.1) is 4.92 Å². The Kier molecular flexibility index (Phi) is 4.95. The summed E-state index contributed by atoms with van der Waals surface area (Å²) in [6, 6.07) is 14.0. The normalized spacial score (nSPS) is 10.6. The fraction of sp³-hybridized carbons (Fsp3) is 0.111. The van der Waals surface area contributed by atoms with Crippen molar-refractivity contribution >= 4 is 17.4 Å². The summed E-state index contributed by atoms with van der Waals surface area (Å²) < 4.78 is 1.54. The van der Waals surface area contributed by atoms with Gasteiger partial charge in [-0.25, -0.2) is 4.98 Å². The van der Waals surface area contributed by atoms with Crippen LogP contribution in [0.5, 0.6) is 0 Å². The predicted molar refractivity (Wildman–Crippen MR) is 97.2 cm³/mol. The summed E-state index contributed by atoms with van der Waals surface area (Å²) in [7, 11) is 0. The number of nitro groups is 1. The average molecular weight is 353 g/mol. The van der Waals surface area contributed by atoms with Crippen LogP contribution in [0.15, 0.2) is 70.7 Å². The van der Waals surface area contributed by atoms with E-state index in [9.17, 15) is 14.9 Å². The van der Waals surface area contributed by atoms with Gasteiger partial charge in [0.1, 0.15) is 0 Å². The molecule has 6 nitrogen and oxygen atoms in total. The van der Waals surface area contributed by atoms with Crippen LogP contribution >= 0.6 is 11.8 Å². The van der Waals surface area contributed by atoms with E-state index in [4.69, 9.17) is 0 Å². The number of nitro benzene ring substituents is 1. The van der Waals surface area contributed by atoms with Gasteiger partial charge in [-0.3, -0.25) is 19.5 Å². The molecule has 0 spiro atoms. The van der Waals surface area contributed by atoms with Crippen LogP contribution in [-0.4, -0.2) is 14.5 Å². The minimum Gasteiger partial charge on any atom is -0.280 e. The molecule has 0 radical (unpaired) electrons. The number of aromatic nitrogens is 2. The summed E-state index contributed by atoms with van der Waals surface area (Å²) in [6.45, 7) is 1.99. The van der Waals surface area contributed by atoms with Crippen LogP contribution in [-0.2, 0) is 5.75 Å². The van der Waals surface area contributed by atoms with E-state index < -0.39 is 4.92 Å². The van der Waals surface area contributed by atoms with E-state index in [-0.39, 0.29) is 11.2 Å². The zero-order valence-electron chi connectivity index (χ0n) is 13.5. The summed E-state index contributed by atoms with van der Waals surface area (Å²) in [6.07, 6.45) is 3.21. The second-order valence-corrected chi connectivity index (χ2v) is 6.42. The highest BCUT2D eigenvalue weighted by atomic mass is 32.2. The molecule has 0 aliphatic carbocycles. The fourth-order valence-electron chi connectivity index (χ4n) is 2.31. The molecular weight excluding hydrogens is 338 g/mol. The van der Waals surface area contributed by atoms with Crippen molar-refractivity contribution in [2.75, 3.05) is 0 Å². The topological polar surface area (TPSA) is 78.0 Å². The van der Waals surface area contributed by atoms with Gasteiger partial charge in [-0.15, -0.1) is 0 Å². The summed E-state index contributed by atoms with van der Waals surface area (Å²) >= 11 is 1.27.